The molecule has 2 N–H and O–H groups in total. The van der Waals surface area contributed by atoms with Crippen LogP contribution >= 0.6 is 0 Å². The Hall–Kier alpha value is -1.87. The molecule has 94 valence electrons. The molecule has 0 atom stereocenters. The molecule has 18 heavy (non-hydrogen) atoms. The summed E-state index contributed by atoms with van der Waals surface area (Å²) in [5.74, 6) is 0.888. The van der Waals surface area contributed by atoms with E-state index in [0.29, 0.717) is 13.2 Å². The van der Waals surface area contributed by atoms with Crippen molar-refractivity contribution in [2.24, 2.45) is 5.73 Å². The second-order valence-corrected chi connectivity index (χ2v) is 4.11. The van der Waals surface area contributed by atoms with Crippen LogP contribution in [0.1, 0.15) is 11.3 Å². The second kappa shape index (κ2) is 6.77. The molecule has 0 unspecified atom stereocenters. The van der Waals surface area contributed by atoms with Gasteiger partial charge < -0.3 is 10.5 Å². The van der Waals surface area contributed by atoms with Crippen molar-refractivity contribution in [3.05, 3.63) is 59.9 Å². The van der Waals surface area contributed by atoms with E-state index < -0.39 is 0 Å². The smallest absolute Gasteiger partial charge is 0.119 e. The molecular formula is C15H18N2O. The topological polar surface area (TPSA) is 48.1 Å². The van der Waals surface area contributed by atoms with Crippen LogP contribution in [-0.4, -0.2) is 18.1 Å². The normalized spacial score (nSPS) is 10.3. The number of nitrogens with zero attached hydrogens (tertiary/aromatic N) is 1. The number of hydrogen-bond acceptors (Lipinski definition) is 3. The predicted octanol–water partition coefficient (Wildman–Crippen LogP) is 2.20. The van der Waals surface area contributed by atoms with E-state index in [2.05, 4.69) is 23.2 Å². The van der Waals surface area contributed by atoms with Gasteiger partial charge in [-0.15, -0.1) is 0 Å². The highest BCUT2D eigenvalue weighted by Gasteiger charge is 1.99. The van der Waals surface area contributed by atoms with E-state index in [1.54, 1.807) is 0 Å². The highest BCUT2D eigenvalue weighted by Crippen LogP contribution is 2.14. The first-order chi connectivity index (χ1) is 8.88. The van der Waals surface area contributed by atoms with E-state index in [1.165, 1.54) is 5.56 Å². The number of aryl methyl sites for hydroxylation is 2. The first-order valence-electron chi connectivity index (χ1n) is 6.20. The summed E-state index contributed by atoms with van der Waals surface area (Å²) < 4.78 is 5.51. The van der Waals surface area contributed by atoms with Crippen molar-refractivity contribution in [3.63, 3.8) is 0 Å². The minimum atomic E-state index is 0.540. The maximum absolute atomic E-state index is 5.51. The minimum absolute atomic E-state index is 0.540. The summed E-state index contributed by atoms with van der Waals surface area (Å²) in [4.78, 5) is 4.32. The lowest BCUT2D eigenvalue weighted by molar-refractivity contribution is 0.328. The molecule has 0 amide bonds. The van der Waals surface area contributed by atoms with Crippen LogP contribution in [0.2, 0.25) is 0 Å². The van der Waals surface area contributed by atoms with E-state index in [0.717, 1.165) is 24.3 Å². The van der Waals surface area contributed by atoms with Crippen LogP contribution in [-0.2, 0) is 12.8 Å². The van der Waals surface area contributed by atoms with Gasteiger partial charge in [-0.05, 0) is 42.7 Å². The Kier molecular flexibility index (Phi) is 4.73. The summed E-state index contributed by atoms with van der Waals surface area (Å²) in [7, 11) is 0. The summed E-state index contributed by atoms with van der Waals surface area (Å²) in [5.41, 5.74) is 7.79. The van der Waals surface area contributed by atoms with Crippen molar-refractivity contribution in [3.8, 4) is 5.75 Å². The van der Waals surface area contributed by atoms with E-state index in [4.69, 9.17) is 10.5 Å². The molecule has 0 aliphatic rings. The molecule has 0 bridgehead atoms. The fourth-order valence-corrected chi connectivity index (χ4v) is 1.79. The van der Waals surface area contributed by atoms with Crippen LogP contribution in [0.25, 0.3) is 0 Å². The van der Waals surface area contributed by atoms with Gasteiger partial charge in [0.2, 0.25) is 0 Å². The number of rotatable bonds is 6. The number of nitrogens with two attached hydrogens (primary N) is 1. The van der Waals surface area contributed by atoms with Gasteiger partial charge in [0.1, 0.15) is 12.4 Å². The lowest BCUT2D eigenvalue weighted by Gasteiger charge is -2.06. The Bertz CT molecular complexity index is 471. The molecule has 0 aliphatic carbocycles. The van der Waals surface area contributed by atoms with Gasteiger partial charge in [-0.25, -0.2) is 0 Å². The van der Waals surface area contributed by atoms with Gasteiger partial charge in [0.25, 0.3) is 0 Å². The van der Waals surface area contributed by atoms with Crippen molar-refractivity contribution < 1.29 is 4.74 Å². The second-order valence-electron chi connectivity index (χ2n) is 4.11. The quantitative estimate of drug-likeness (QED) is 0.844. The molecule has 1 aromatic heterocycles. The lowest BCUT2D eigenvalue weighted by atomic mass is 10.1. The van der Waals surface area contributed by atoms with Gasteiger partial charge in [0, 0.05) is 18.4 Å². The molecule has 0 saturated heterocycles. The first kappa shape index (κ1) is 12.6. The average molecular weight is 242 g/mol. The van der Waals surface area contributed by atoms with Crippen molar-refractivity contribution in [1.82, 2.24) is 4.98 Å². The van der Waals surface area contributed by atoms with E-state index in [1.807, 2.05) is 30.5 Å². The molecule has 0 saturated carbocycles. The van der Waals surface area contributed by atoms with E-state index in [-0.39, 0.29) is 0 Å². The molecule has 3 heteroatoms. The molecule has 0 aliphatic heterocycles. The maximum Gasteiger partial charge on any atom is 0.119 e. The number of pyridine rings is 1. The standard InChI is InChI=1S/C15H18N2O/c16-9-11-18-15-6-3-4-13(12-15)7-8-14-5-1-2-10-17-14/h1-6,10,12H,7-9,11,16H2. The largest absolute Gasteiger partial charge is 0.492 e. The lowest BCUT2D eigenvalue weighted by Crippen LogP contribution is -2.10. The van der Waals surface area contributed by atoms with Crippen LogP contribution in [0.5, 0.6) is 5.75 Å². The number of hydrogen-bond donors (Lipinski definition) is 1. The molecule has 2 rings (SSSR count). The van der Waals surface area contributed by atoms with E-state index >= 15 is 0 Å². The Labute approximate surface area is 108 Å². The summed E-state index contributed by atoms with van der Waals surface area (Å²) in [6.45, 7) is 1.10. The monoisotopic (exact) mass is 242 g/mol. The highest BCUT2D eigenvalue weighted by atomic mass is 16.5. The zero-order valence-electron chi connectivity index (χ0n) is 10.4. The SMILES string of the molecule is NCCOc1cccc(CCc2ccccn2)c1. The highest BCUT2D eigenvalue weighted by molar-refractivity contribution is 5.29. The third kappa shape index (κ3) is 3.86. The van der Waals surface area contributed by atoms with Crippen molar-refractivity contribution in [2.45, 2.75) is 12.8 Å². The summed E-state index contributed by atoms with van der Waals surface area (Å²) in [6, 6.07) is 14.2. The summed E-state index contributed by atoms with van der Waals surface area (Å²) in [6.07, 6.45) is 3.74. The number of benzene rings is 1. The molecule has 0 fully saturated rings. The molecule has 3 nitrogen and oxygen atoms in total. The minimum Gasteiger partial charge on any atom is -0.492 e. The third-order valence-electron chi connectivity index (χ3n) is 2.68. The molecular weight excluding hydrogens is 224 g/mol. The Morgan fingerprint density at radius 3 is 2.78 bits per heavy atom. The van der Waals surface area contributed by atoms with Crippen LogP contribution in [0.3, 0.4) is 0 Å². The van der Waals surface area contributed by atoms with Gasteiger partial charge in [0.15, 0.2) is 0 Å². The predicted molar refractivity (Wildman–Crippen MR) is 72.6 cm³/mol. The zero-order chi connectivity index (χ0) is 12.6. The average Bonchev–Trinajstić information content (AvgIpc) is 2.44. The van der Waals surface area contributed by atoms with Crippen LogP contribution in [0.15, 0.2) is 48.7 Å². The molecule has 1 heterocycles. The Morgan fingerprint density at radius 1 is 1.06 bits per heavy atom. The van der Waals surface area contributed by atoms with Crippen LogP contribution < -0.4 is 10.5 Å². The molecule has 2 aromatic rings. The van der Waals surface area contributed by atoms with E-state index in [9.17, 15) is 0 Å². The zero-order valence-corrected chi connectivity index (χ0v) is 10.4. The number of aromatic nitrogens is 1. The fourth-order valence-electron chi connectivity index (χ4n) is 1.79. The van der Waals surface area contributed by atoms with Crippen LogP contribution in [0, 0.1) is 0 Å². The van der Waals surface area contributed by atoms with Crippen molar-refractivity contribution in [1.29, 1.82) is 0 Å². The summed E-state index contributed by atoms with van der Waals surface area (Å²) >= 11 is 0. The van der Waals surface area contributed by atoms with Crippen LogP contribution in [0.4, 0.5) is 0 Å². The van der Waals surface area contributed by atoms with Gasteiger partial charge >= 0.3 is 0 Å². The maximum atomic E-state index is 5.51. The third-order valence-corrected chi connectivity index (χ3v) is 2.68. The van der Waals surface area contributed by atoms with Crippen molar-refractivity contribution in [2.75, 3.05) is 13.2 Å². The molecule has 1 aromatic carbocycles. The van der Waals surface area contributed by atoms with Gasteiger partial charge in [-0.2, -0.15) is 0 Å². The Balaban J connectivity index is 1.93. The van der Waals surface area contributed by atoms with Gasteiger partial charge in [-0.1, -0.05) is 18.2 Å². The van der Waals surface area contributed by atoms with Gasteiger partial charge in [-0.3, -0.25) is 4.98 Å². The fraction of sp³-hybridized carbons (Fsp3) is 0.267. The van der Waals surface area contributed by atoms with Crippen molar-refractivity contribution >= 4 is 0 Å². The molecule has 0 spiro atoms. The Morgan fingerprint density at radius 2 is 2.00 bits per heavy atom. The van der Waals surface area contributed by atoms with Gasteiger partial charge in [0.05, 0.1) is 0 Å². The molecule has 0 radical (unpaired) electrons. The summed E-state index contributed by atoms with van der Waals surface area (Å²) in [5, 5.41) is 0. The number of ether oxygens (including phenoxy) is 1. The first-order valence-corrected chi connectivity index (χ1v) is 6.20.